The van der Waals surface area contributed by atoms with Crippen molar-refractivity contribution < 1.29 is 13.9 Å². The van der Waals surface area contributed by atoms with E-state index < -0.39 is 5.82 Å². The number of rotatable bonds is 7. The van der Waals surface area contributed by atoms with E-state index in [1.807, 2.05) is 4.90 Å². The second-order valence-electron chi connectivity index (χ2n) is 7.23. The lowest BCUT2D eigenvalue weighted by Gasteiger charge is -2.40. The van der Waals surface area contributed by atoms with E-state index in [-0.39, 0.29) is 17.0 Å². The minimum Gasteiger partial charge on any atom is -0.437 e. The second-order valence-corrected chi connectivity index (χ2v) is 7.64. The van der Waals surface area contributed by atoms with Crippen molar-refractivity contribution >= 4 is 23.3 Å². The summed E-state index contributed by atoms with van der Waals surface area (Å²) in [5.41, 5.74) is 0. The van der Waals surface area contributed by atoms with Gasteiger partial charge in [-0.25, -0.2) is 14.4 Å². The van der Waals surface area contributed by atoms with Gasteiger partial charge in [-0.1, -0.05) is 31.4 Å². The lowest BCUT2D eigenvalue weighted by molar-refractivity contribution is -0.133. The molecule has 0 radical (unpaired) electrons. The molecule has 1 amide bonds. The minimum absolute atomic E-state index is 0.101. The summed E-state index contributed by atoms with van der Waals surface area (Å²) in [7, 11) is 0. The Kier molecular flexibility index (Phi) is 7.25. The number of amides is 1. The maximum atomic E-state index is 13.2. The molecular formula is C21H26ClFN4O2. The van der Waals surface area contributed by atoms with Gasteiger partial charge in [0.05, 0.1) is 5.02 Å². The molecule has 1 aliphatic rings. The third-order valence-electron chi connectivity index (χ3n) is 5.00. The van der Waals surface area contributed by atoms with E-state index in [2.05, 4.69) is 28.7 Å². The summed E-state index contributed by atoms with van der Waals surface area (Å²) in [5, 5.41) is 0.175. The maximum Gasteiger partial charge on any atom is 0.224 e. The first kappa shape index (κ1) is 21.3. The van der Waals surface area contributed by atoms with Gasteiger partial charge in [-0.2, -0.15) is 0 Å². The van der Waals surface area contributed by atoms with E-state index in [1.54, 1.807) is 6.07 Å². The molecule has 1 fully saturated rings. The van der Waals surface area contributed by atoms with Crippen LogP contribution in [-0.4, -0.2) is 46.5 Å². The molecule has 2 aromatic rings. The van der Waals surface area contributed by atoms with Gasteiger partial charge in [-0.15, -0.1) is 0 Å². The molecule has 2 heterocycles. The number of piperazine rings is 1. The van der Waals surface area contributed by atoms with Gasteiger partial charge >= 0.3 is 0 Å². The van der Waals surface area contributed by atoms with Crippen LogP contribution in [0.15, 0.2) is 30.6 Å². The van der Waals surface area contributed by atoms with Crippen molar-refractivity contribution in [1.82, 2.24) is 14.9 Å². The number of hydrogen-bond acceptors (Lipinski definition) is 5. The van der Waals surface area contributed by atoms with Gasteiger partial charge in [-0.3, -0.25) is 4.79 Å². The summed E-state index contributed by atoms with van der Waals surface area (Å²) >= 11 is 6.02. The number of benzene rings is 1. The molecular weight excluding hydrogens is 395 g/mol. The van der Waals surface area contributed by atoms with Gasteiger partial charge in [0.25, 0.3) is 0 Å². The molecule has 8 heteroatoms. The highest BCUT2D eigenvalue weighted by molar-refractivity contribution is 6.32. The SMILES string of the molecule is CCCCCC(=O)N1CCN(c2cc(Oc3ccc(F)cc3Cl)ncn2)C[C@H]1C. The molecule has 3 rings (SSSR count). The van der Waals surface area contributed by atoms with Crippen molar-refractivity contribution in [3.05, 3.63) is 41.4 Å². The molecule has 0 aliphatic carbocycles. The highest BCUT2D eigenvalue weighted by Crippen LogP contribution is 2.30. The molecule has 6 nitrogen and oxygen atoms in total. The van der Waals surface area contributed by atoms with Crippen molar-refractivity contribution in [3.8, 4) is 11.6 Å². The Labute approximate surface area is 175 Å². The van der Waals surface area contributed by atoms with Crippen LogP contribution in [-0.2, 0) is 4.79 Å². The summed E-state index contributed by atoms with van der Waals surface area (Å²) < 4.78 is 18.9. The number of carbonyl (C=O) groups is 1. The van der Waals surface area contributed by atoms with Crippen LogP contribution in [0.2, 0.25) is 5.02 Å². The molecule has 0 N–H and O–H groups in total. The average Bonchev–Trinajstić information content (AvgIpc) is 2.70. The average molecular weight is 421 g/mol. The van der Waals surface area contributed by atoms with Gasteiger partial charge in [-0.05, 0) is 31.5 Å². The van der Waals surface area contributed by atoms with Crippen LogP contribution in [0.25, 0.3) is 0 Å². The zero-order chi connectivity index (χ0) is 20.8. The number of aromatic nitrogens is 2. The van der Waals surface area contributed by atoms with E-state index in [0.717, 1.165) is 25.1 Å². The molecule has 1 atom stereocenters. The van der Waals surface area contributed by atoms with Crippen molar-refractivity contribution in [2.75, 3.05) is 24.5 Å². The molecule has 156 valence electrons. The summed E-state index contributed by atoms with van der Waals surface area (Å²) in [6.07, 6.45) is 5.18. The highest BCUT2D eigenvalue weighted by Gasteiger charge is 2.27. The summed E-state index contributed by atoms with van der Waals surface area (Å²) in [4.78, 5) is 25.0. The smallest absolute Gasteiger partial charge is 0.224 e. The topological polar surface area (TPSA) is 58.6 Å². The molecule has 29 heavy (non-hydrogen) atoms. The van der Waals surface area contributed by atoms with Crippen LogP contribution < -0.4 is 9.64 Å². The Morgan fingerprint density at radius 3 is 2.83 bits per heavy atom. The molecule has 1 saturated heterocycles. The number of nitrogens with zero attached hydrogens (tertiary/aromatic N) is 4. The second kappa shape index (κ2) is 9.87. The maximum absolute atomic E-state index is 13.2. The van der Waals surface area contributed by atoms with Crippen molar-refractivity contribution in [3.63, 3.8) is 0 Å². The van der Waals surface area contributed by atoms with Crippen LogP contribution in [0.5, 0.6) is 11.6 Å². The largest absolute Gasteiger partial charge is 0.437 e. The molecule has 1 aromatic heterocycles. The quantitative estimate of drug-likeness (QED) is 0.609. The number of unbranched alkanes of at least 4 members (excludes halogenated alkanes) is 2. The lowest BCUT2D eigenvalue weighted by atomic mass is 10.1. The van der Waals surface area contributed by atoms with Crippen molar-refractivity contribution in [2.24, 2.45) is 0 Å². The molecule has 0 unspecified atom stereocenters. The lowest BCUT2D eigenvalue weighted by Crippen LogP contribution is -2.54. The Hall–Kier alpha value is -2.41. The fraction of sp³-hybridized carbons (Fsp3) is 0.476. The van der Waals surface area contributed by atoms with Crippen LogP contribution in [0.4, 0.5) is 10.2 Å². The minimum atomic E-state index is -0.429. The third-order valence-corrected chi connectivity index (χ3v) is 5.30. The summed E-state index contributed by atoms with van der Waals surface area (Å²) in [5.74, 6) is 1.17. The van der Waals surface area contributed by atoms with E-state index in [1.165, 1.54) is 24.5 Å². The number of ether oxygens (including phenoxy) is 1. The Morgan fingerprint density at radius 2 is 2.10 bits per heavy atom. The summed E-state index contributed by atoms with van der Waals surface area (Å²) in [6, 6.07) is 5.76. The van der Waals surface area contributed by atoms with Gasteiger partial charge in [0.1, 0.15) is 23.7 Å². The number of anilines is 1. The van der Waals surface area contributed by atoms with E-state index in [9.17, 15) is 9.18 Å². The van der Waals surface area contributed by atoms with Crippen LogP contribution >= 0.6 is 11.6 Å². The van der Waals surface area contributed by atoms with E-state index in [0.29, 0.717) is 37.7 Å². The Balaban J connectivity index is 1.63. The first-order valence-electron chi connectivity index (χ1n) is 9.97. The zero-order valence-corrected chi connectivity index (χ0v) is 17.5. The van der Waals surface area contributed by atoms with E-state index >= 15 is 0 Å². The number of hydrogen-bond donors (Lipinski definition) is 0. The summed E-state index contributed by atoms with van der Waals surface area (Å²) in [6.45, 7) is 6.23. The van der Waals surface area contributed by atoms with Crippen LogP contribution in [0.1, 0.15) is 39.5 Å². The first-order valence-corrected chi connectivity index (χ1v) is 10.3. The molecule has 0 saturated carbocycles. The van der Waals surface area contributed by atoms with E-state index in [4.69, 9.17) is 16.3 Å². The zero-order valence-electron chi connectivity index (χ0n) is 16.8. The van der Waals surface area contributed by atoms with Gasteiger partial charge < -0.3 is 14.5 Å². The molecule has 1 aromatic carbocycles. The van der Waals surface area contributed by atoms with Crippen molar-refractivity contribution in [1.29, 1.82) is 0 Å². The molecule has 0 bridgehead atoms. The van der Waals surface area contributed by atoms with Crippen molar-refractivity contribution in [2.45, 2.75) is 45.6 Å². The normalized spacial score (nSPS) is 16.8. The number of carbonyl (C=O) groups excluding carboxylic acids is 1. The predicted molar refractivity (Wildman–Crippen MR) is 111 cm³/mol. The van der Waals surface area contributed by atoms with Gasteiger partial charge in [0.2, 0.25) is 11.8 Å². The first-order chi connectivity index (χ1) is 14.0. The van der Waals surface area contributed by atoms with Gasteiger partial charge in [0, 0.05) is 38.2 Å². The fourth-order valence-electron chi connectivity index (χ4n) is 3.44. The molecule has 1 aliphatic heterocycles. The van der Waals surface area contributed by atoms with Crippen LogP contribution in [0, 0.1) is 5.82 Å². The Morgan fingerprint density at radius 1 is 1.28 bits per heavy atom. The third kappa shape index (κ3) is 5.56. The van der Waals surface area contributed by atoms with Crippen LogP contribution in [0.3, 0.4) is 0 Å². The number of halogens is 2. The molecule has 0 spiro atoms. The monoisotopic (exact) mass is 420 g/mol. The standard InChI is InChI=1S/C21H26ClFN4O2/c1-3-4-5-6-21(28)27-10-9-26(13-15(27)2)19-12-20(25-14-24-19)29-18-8-7-16(23)11-17(18)22/h7-8,11-12,14-15H,3-6,9-10,13H2,1-2H3/t15-/m1/s1. The predicted octanol–water partition coefficient (Wildman–Crippen LogP) is 4.68. The fourth-order valence-corrected chi connectivity index (χ4v) is 3.64. The highest BCUT2D eigenvalue weighted by atomic mass is 35.5. The van der Waals surface area contributed by atoms with Gasteiger partial charge in [0.15, 0.2) is 0 Å². The Bertz CT molecular complexity index is 851.